The van der Waals surface area contributed by atoms with Crippen LogP contribution in [0.3, 0.4) is 0 Å². The van der Waals surface area contributed by atoms with E-state index in [2.05, 4.69) is 23.0 Å². The Bertz CT molecular complexity index is 1210. The van der Waals surface area contributed by atoms with E-state index in [4.69, 9.17) is 9.15 Å². The fraction of sp³-hybridized carbons (Fsp3) is 0.269. The van der Waals surface area contributed by atoms with Crippen LogP contribution in [0.1, 0.15) is 41.8 Å². The summed E-state index contributed by atoms with van der Waals surface area (Å²) < 4.78 is 10.7. The first kappa shape index (κ1) is 23.6. The number of amidine groups is 1. The van der Waals surface area contributed by atoms with Crippen molar-refractivity contribution in [3.05, 3.63) is 94.1 Å². The molecule has 0 bridgehead atoms. The van der Waals surface area contributed by atoms with Crippen LogP contribution in [0.2, 0.25) is 0 Å². The highest BCUT2D eigenvalue weighted by Crippen LogP contribution is 2.45. The molecule has 2 aromatic rings. The first-order chi connectivity index (χ1) is 16.4. The van der Waals surface area contributed by atoms with E-state index in [0.717, 1.165) is 27.6 Å². The number of allylic oxidation sites excluding steroid dienone is 1. The maximum Gasteiger partial charge on any atom is 0.338 e. The molecule has 34 heavy (non-hydrogen) atoms. The number of carbonyl (C=O) groups excluding carboxylic acids is 2. The maximum absolute atomic E-state index is 13.1. The molecule has 0 spiro atoms. The molecule has 3 heterocycles. The topological polar surface area (TPSA) is 84.1 Å². The molecule has 1 N–H and O–H groups in total. The van der Waals surface area contributed by atoms with E-state index in [1.165, 1.54) is 17.8 Å². The molecule has 1 atom stereocenters. The van der Waals surface area contributed by atoms with Gasteiger partial charge in [0.15, 0.2) is 5.17 Å². The second-order valence-corrected chi connectivity index (χ2v) is 9.01. The van der Waals surface area contributed by atoms with E-state index in [-0.39, 0.29) is 18.9 Å². The van der Waals surface area contributed by atoms with Crippen molar-refractivity contribution in [2.24, 2.45) is 4.99 Å². The lowest BCUT2D eigenvalue weighted by Gasteiger charge is -2.37. The Morgan fingerprint density at radius 1 is 1.29 bits per heavy atom. The number of fused-ring (bicyclic) bond motifs is 1. The normalized spacial score (nSPS) is 17.1. The van der Waals surface area contributed by atoms with Crippen molar-refractivity contribution in [2.75, 3.05) is 6.61 Å². The molecule has 1 aromatic heterocycles. The van der Waals surface area contributed by atoms with Gasteiger partial charge in [0, 0.05) is 5.70 Å². The Labute approximate surface area is 203 Å². The molecule has 7 nitrogen and oxygen atoms in total. The van der Waals surface area contributed by atoms with Gasteiger partial charge in [-0.25, -0.2) is 9.79 Å². The lowest BCUT2D eigenvalue weighted by molar-refractivity contribution is -0.138. The summed E-state index contributed by atoms with van der Waals surface area (Å²) in [4.78, 5) is 32.6. The number of carbonyl (C=O) groups is 2. The standard InChI is InChI=1S/C26H27N3O4S/c1-5-10-33-25(31)23-18(4)28-26-29(24(23)21-9-8-16(2)12-17(21)3)19(15-34-26)13-22(30)27-14-20-7-6-11-32-20/h5-9,11-12,15,24H,1,10,13-14H2,2-4H3,(H,27,30)/t24-/m1/s1. The molecule has 4 rings (SSSR count). The Balaban J connectivity index is 1.66. The van der Waals surface area contributed by atoms with E-state index in [1.807, 2.05) is 49.3 Å². The van der Waals surface area contributed by atoms with Crippen LogP contribution in [0.5, 0.6) is 0 Å². The number of rotatable bonds is 8. The third-order valence-electron chi connectivity index (χ3n) is 5.65. The summed E-state index contributed by atoms with van der Waals surface area (Å²) >= 11 is 1.45. The minimum Gasteiger partial charge on any atom is -0.467 e. The van der Waals surface area contributed by atoms with Crippen LogP contribution < -0.4 is 5.32 Å². The third kappa shape index (κ3) is 4.87. The first-order valence-corrected chi connectivity index (χ1v) is 11.9. The zero-order chi connectivity index (χ0) is 24.2. The summed E-state index contributed by atoms with van der Waals surface area (Å²) in [5, 5.41) is 5.54. The van der Waals surface area contributed by atoms with Crippen LogP contribution >= 0.6 is 11.8 Å². The van der Waals surface area contributed by atoms with E-state index < -0.39 is 12.0 Å². The van der Waals surface area contributed by atoms with Gasteiger partial charge in [0.25, 0.3) is 0 Å². The predicted octanol–water partition coefficient (Wildman–Crippen LogP) is 4.91. The van der Waals surface area contributed by atoms with E-state index in [9.17, 15) is 9.59 Å². The fourth-order valence-corrected chi connectivity index (χ4v) is 5.06. The summed E-state index contributed by atoms with van der Waals surface area (Å²) in [6, 6.07) is 9.29. The summed E-state index contributed by atoms with van der Waals surface area (Å²) in [5.41, 5.74) is 4.98. The molecule has 1 amide bonds. The van der Waals surface area contributed by atoms with E-state index in [0.29, 0.717) is 23.6 Å². The average Bonchev–Trinajstić information content (AvgIpc) is 3.45. The van der Waals surface area contributed by atoms with Gasteiger partial charge < -0.3 is 19.4 Å². The van der Waals surface area contributed by atoms with Gasteiger partial charge in [-0.05, 0) is 49.4 Å². The van der Waals surface area contributed by atoms with Crippen LogP contribution in [0.25, 0.3) is 0 Å². The molecule has 176 valence electrons. The average molecular weight is 478 g/mol. The third-order valence-corrected chi connectivity index (χ3v) is 6.54. The van der Waals surface area contributed by atoms with Crippen molar-refractivity contribution in [2.45, 2.75) is 39.8 Å². The Morgan fingerprint density at radius 3 is 2.82 bits per heavy atom. The molecular weight excluding hydrogens is 450 g/mol. The number of hydrogen-bond donors (Lipinski definition) is 1. The number of thioether (sulfide) groups is 1. The molecule has 0 saturated heterocycles. The summed E-state index contributed by atoms with van der Waals surface area (Å²) in [6.07, 6.45) is 3.25. The quantitative estimate of drug-likeness (QED) is 0.430. The number of nitrogens with zero attached hydrogens (tertiary/aromatic N) is 2. The van der Waals surface area contributed by atoms with E-state index in [1.54, 1.807) is 12.3 Å². The number of aryl methyl sites for hydroxylation is 2. The summed E-state index contributed by atoms with van der Waals surface area (Å²) in [6.45, 7) is 9.94. The van der Waals surface area contributed by atoms with Crippen LogP contribution in [0, 0.1) is 13.8 Å². The monoisotopic (exact) mass is 477 g/mol. The van der Waals surface area contributed by atoms with Crippen molar-refractivity contribution < 1.29 is 18.7 Å². The minimum atomic E-state index is -0.454. The second-order valence-electron chi connectivity index (χ2n) is 8.17. The minimum absolute atomic E-state index is 0.110. The molecule has 0 unspecified atom stereocenters. The zero-order valence-electron chi connectivity index (χ0n) is 19.5. The highest BCUT2D eigenvalue weighted by molar-refractivity contribution is 8.16. The van der Waals surface area contributed by atoms with Gasteiger partial charge in [0.2, 0.25) is 5.91 Å². The lowest BCUT2D eigenvalue weighted by Crippen LogP contribution is -2.38. The smallest absolute Gasteiger partial charge is 0.338 e. The molecule has 1 aromatic carbocycles. The number of aliphatic imine (C=N–C) groups is 1. The van der Waals surface area contributed by atoms with Crippen molar-refractivity contribution in [3.63, 3.8) is 0 Å². The van der Waals surface area contributed by atoms with Gasteiger partial charge in [0.05, 0.1) is 36.5 Å². The van der Waals surface area contributed by atoms with Gasteiger partial charge in [-0.1, -0.05) is 48.2 Å². The van der Waals surface area contributed by atoms with Gasteiger partial charge in [0.1, 0.15) is 12.4 Å². The number of esters is 1. The van der Waals surface area contributed by atoms with Crippen LogP contribution in [-0.4, -0.2) is 28.6 Å². The van der Waals surface area contributed by atoms with Crippen LogP contribution in [0.4, 0.5) is 0 Å². The Hall–Kier alpha value is -3.52. The number of nitrogens with one attached hydrogen (secondary N) is 1. The predicted molar refractivity (Wildman–Crippen MR) is 133 cm³/mol. The Morgan fingerprint density at radius 2 is 2.12 bits per heavy atom. The molecule has 0 radical (unpaired) electrons. The summed E-state index contributed by atoms with van der Waals surface area (Å²) in [5.74, 6) is 0.0944. The molecule has 8 heteroatoms. The molecule has 0 aliphatic carbocycles. The SMILES string of the molecule is C=CCOC(=O)C1=C(C)N=C2SC=C(CC(=O)NCc3ccco3)N2[C@@H]1c1ccc(C)cc1C. The maximum atomic E-state index is 13.1. The highest BCUT2D eigenvalue weighted by Gasteiger charge is 2.41. The number of furan rings is 1. The summed E-state index contributed by atoms with van der Waals surface area (Å²) in [7, 11) is 0. The van der Waals surface area contributed by atoms with Crippen molar-refractivity contribution in [3.8, 4) is 0 Å². The lowest BCUT2D eigenvalue weighted by atomic mass is 9.90. The molecule has 0 fully saturated rings. The van der Waals surface area contributed by atoms with Gasteiger partial charge in [-0.15, -0.1) is 0 Å². The number of ether oxygens (including phenoxy) is 1. The number of amides is 1. The molecule has 0 saturated carbocycles. The first-order valence-electron chi connectivity index (χ1n) is 11.0. The molecular formula is C26H27N3O4S. The number of hydrogen-bond acceptors (Lipinski definition) is 7. The van der Waals surface area contributed by atoms with Crippen LogP contribution in [0.15, 0.2) is 81.0 Å². The van der Waals surface area contributed by atoms with Gasteiger partial charge in [-0.3, -0.25) is 4.79 Å². The van der Waals surface area contributed by atoms with Gasteiger partial charge in [-0.2, -0.15) is 0 Å². The van der Waals surface area contributed by atoms with Crippen LogP contribution in [-0.2, 0) is 20.9 Å². The number of benzene rings is 1. The second kappa shape index (κ2) is 10.2. The Kier molecular flexibility index (Phi) is 7.07. The van der Waals surface area contributed by atoms with Crippen molar-refractivity contribution in [1.82, 2.24) is 10.2 Å². The highest BCUT2D eigenvalue weighted by atomic mass is 32.2. The fourth-order valence-electron chi connectivity index (χ4n) is 4.10. The largest absolute Gasteiger partial charge is 0.467 e. The molecule has 2 aliphatic heterocycles. The molecule has 2 aliphatic rings. The van der Waals surface area contributed by atoms with Gasteiger partial charge >= 0.3 is 5.97 Å². The van der Waals surface area contributed by atoms with Crippen molar-refractivity contribution in [1.29, 1.82) is 0 Å². The van der Waals surface area contributed by atoms with Crippen molar-refractivity contribution >= 4 is 28.8 Å². The zero-order valence-corrected chi connectivity index (χ0v) is 20.3. The van der Waals surface area contributed by atoms with E-state index >= 15 is 0 Å².